The average Bonchev–Trinajstić information content (AvgIpc) is 1.65. The maximum atomic E-state index is 3.69. The van der Waals surface area contributed by atoms with Crippen molar-refractivity contribution in [2.24, 2.45) is 0 Å². The predicted octanol–water partition coefficient (Wildman–Crippen LogP) is 2.18. The van der Waals surface area contributed by atoms with Crippen molar-refractivity contribution in [3.05, 3.63) is 18.6 Å². The van der Waals surface area contributed by atoms with Crippen LogP contribution >= 0.6 is 0 Å². The Morgan fingerprint density at radius 3 is 2.33 bits per heavy atom. The van der Waals surface area contributed by atoms with E-state index in [-0.39, 0.29) is 0 Å². The molecule has 0 bridgehead atoms. The first-order valence-electron chi connectivity index (χ1n) is 2.22. The zero-order valence-electron chi connectivity index (χ0n) is 4.49. The summed E-state index contributed by atoms with van der Waals surface area (Å²) in [5, 5.41) is 0. The van der Waals surface area contributed by atoms with Crippen LogP contribution in [0.5, 0.6) is 0 Å². The van der Waals surface area contributed by atoms with Gasteiger partial charge in [-0.1, -0.05) is 11.6 Å². The lowest BCUT2D eigenvalue weighted by Crippen LogP contribution is -1.64. The van der Waals surface area contributed by atoms with Gasteiger partial charge in [-0.3, -0.25) is 0 Å². The Morgan fingerprint density at radius 1 is 1.83 bits per heavy atom. The van der Waals surface area contributed by atoms with Gasteiger partial charge in [0.15, 0.2) is 0 Å². The lowest BCUT2D eigenvalue weighted by atomic mass is 10.2. The molecule has 0 aliphatic rings. The molecule has 6 heavy (non-hydrogen) atoms. The Morgan fingerprint density at radius 2 is 2.33 bits per heavy atom. The van der Waals surface area contributed by atoms with Gasteiger partial charge in [0.1, 0.15) is 0 Å². The largest absolute Gasteiger partial charge is 0.0887 e. The van der Waals surface area contributed by atoms with Crippen LogP contribution in [0.15, 0.2) is 11.6 Å². The molecular weight excluding hydrogens is 72.1 g/mol. The van der Waals surface area contributed by atoms with Crippen LogP contribution in [0.2, 0.25) is 0 Å². The minimum absolute atomic E-state index is 0.941. The molecule has 0 aromatic carbocycles. The van der Waals surface area contributed by atoms with Gasteiger partial charge >= 0.3 is 0 Å². The van der Waals surface area contributed by atoms with Crippen LogP contribution in [0.1, 0.15) is 20.3 Å². The monoisotopic (exact) mass is 83.1 g/mol. The van der Waals surface area contributed by atoms with Crippen LogP contribution in [-0.4, -0.2) is 0 Å². The molecule has 0 aromatic heterocycles. The first kappa shape index (κ1) is 5.74. The van der Waals surface area contributed by atoms with Gasteiger partial charge < -0.3 is 0 Å². The Hall–Kier alpha value is -0.260. The molecular formula is C6H11. The van der Waals surface area contributed by atoms with Gasteiger partial charge in [0, 0.05) is 0 Å². The van der Waals surface area contributed by atoms with E-state index >= 15 is 0 Å². The topological polar surface area (TPSA) is 0 Å². The summed E-state index contributed by atoms with van der Waals surface area (Å²) in [5.41, 5.74) is 1.36. The Kier molecular flexibility index (Phi) is 2.82. The van der Waals surface area contributed by atoms with E-state index in [4.69, 9.17) is 0 Å². The van der Waals surface area contributed by atoms with E-state index in [1.54, 1.807) is 0 Å². The second kappa shape index (κ2) is 2.95. The summed E-state index contributed by atoms with van der Waals surface area (Å²) in [4.78, 5) is 0. The predicted molar refractivity (Wildman–Crippen MR) is 29.4 cm³/mol. The smallest absolute Gasteiger partial charge is 0.0323 e. The molecule has 0 N–H and O–H groups in total. The van der Waals surface area contributed by atoms with Crippen molar-refractivity contribution >= 4 is 0 Å². The fraction of sp³-hybridized carbons (Fsp3) is 0.500. The molecule has 0 saturated carbocycles. The third-order valence-corrected chi connectivity index (χ3v) is 0.887. The van der Waals surface area contributed by atoms with E-state index in [0.717, 1.165) is 6.42 Å². The highest BCUT2D eigenvalue weighted by Crippen LogP contribution is 1.93. The van der Waals surface area contributed by atoms with Gasteiger partial charge in [-0.2, -0.15) is 0 Å². The van der Waals surface area contributed by atoms with E-state index < -0.39 is 0 Å². The normalized spacial score (nSPS) is 12.2. The van der Waals surface area contributed by atoms with Crippen LogP contribution < -0.4 is 0 Å². The molecule has 1 radical (unpaired) electrons. The van der Waals surface area contributed by atoms with Crippen molar-refractivity contribution in [2.45, 2.75) is 20.3 Å². The average molecular weight is 83.2 g/mol. The summed E-state index contributed by atoms with van der Waals surface area (Å²) < 4.78 is 0. The molecule has 0 saturated heterocycles. The first-order valence-corrected chi connectivity index (χ1v) is 2.22. The van der Waals surface area contributed by atoms with Crippen molar-refractivity contribution in [1.29, 1.82) is 0 Å². The highest BCUT2D eigenvalue weighted by Gasteiger charge is 1.73. The standard InChI is InChI=1S/C6H11/c1-4-6(3)5-2/h5H,1,4H2,2-3H3/b6-5-. The summed E-state index contributed by atoms with van der Waals surface area (Å²) in [6.45, 7) is 7.79. The second-order valence-electron chi connectivity index (χ2n) is 1.39. The SMILES string of the molecule is [CH2]C/C(C)=C\C. The van der Waals surface area contributed by atoms with Crippen molar-refractivity contribution in [2.75, 3.05) is 0 Å². The second-order valence-corrected chi connectivity index (χ2v) is 1.39. The molecule has 35 valence electrons. The molecule has 0 heteroatoms. The minimum Gasteiger partial charge on any atom is -0.0887 e. The molecule has 0 rings (SSSR count). The molecule has 0 fully saturated rings. The van der Waals surface area contributed by atoms with Gasteiger partial charge in [0.2, 0.25) is 0 Å². The quantitative estimate of drug-likeness (QED) is 0.426. The van der Waals surface area contributed by atoms with Crippen LogP contribution in [0.4, 0.5) is 0 Å². The maximum absolute atomic E-state index is 3.69. The van der Waals surface area contributed by atoms with Crippen LogP contribution in [0, 0.1) is 6.92 Å². The Balaban J connectivity index is 3.22. The molecule has 0 aliphatic heterocycles. The van der Waals surface area contributed by atoms with Crippen LogP contribution in [-0.2, 0) is 0 Å². The van der Waals surface area contributed by atoms with Crippen molar-refractivity contribution in [1.82, 2.24) is 0 Å². The highest BCUT2D eigenvalue weighted by atomic mass is 13.8. The molecule has 0 aromatic rings. The van der Waals surface area contributed by atoms with Gasteiger partial charge in [0.25, 0.3) is 0 Å². The fourth-order valence-electron chi connectivity index (χ4n) is 0.144. The molecule has 0 aliphatic carbocycles. The van der Waals surface area contributed by atoms with E-state index in [9.17, 15) is 0 Å². The van der Waals surface area contributed by atoms with E-state index in [1.807, 2.05) is 6.92 Å². The molecule has 0 unspecified atom stereocenters. The Labute approximate surface area is 39.9 Å². The minimum atomic E-state index is 0.941. The summed E-state index contributed by atoms with van der Waals surface area (Å²) in [7, 11) is 0. The molecule has 0 nitrogen and oxygen atoms in total. The fourth-order valence-corrected chi connectivity index (χ4v) is 0.144. The van der Waals surface area contributed by atoms with Crippen LogP contribution in [0.3, 0.4) is 0 Å². The maximum Gasteiger partial charge on any atom is -0.0323 e. The van der Waals surface area contributed by atoms with Gasteiger partial charge in [0.05, 0.1) is 0 Å². The van der Waals surface area contributed by atoms with E-state index in [2.05, 4.69) is 19.9 Å². The first-order chi connectivity index (χ1) is 2.81. The lowest BCUT2D eigenvalue weighted by molar-refractivity contribution is 1.20. The number of hydrogen-bond donors (Lipinski definition) is 0. The van der Waals surface area contributed by atoms with Crippen LogP contribution in [0.25, 0.3) is 0 Å². The third kappa shape index (κ3) is 2.01. The summed E-state index contributed by atoms with van der Waals surface area (Å²) >= 11 is 0. The lowest BCUT2D eigenvalue weighted by Gasteiger charge is -1.84. The van der Waals surface area contributed by atoms with E-state index in [1.165, 1.54) is 5.57 Å². The molecule has 0 spiro atoms. The zero-order valence-corrected chi connectivity index (χ0v) is 4.49. The van der Waals surface area contributed by atoms with Gasteiger partial charge in [-0.05, 0) is 27.2 Å². The highest BCUT2D eigenvalue weighted by molar-refractivity contribution is 4.95. The van der Waals surface area contributed by atoms with Crippen molar-refractivity contribution < 1.29 is 0 Å². The summed E-state index contributed by atoms with van der Waals surface area (Å²) in [6.07, 6.45) is 3.02. The summed E-state index contributed by atoms with van der Waals surface area (Å²) in [5.74, 6) is 0. The van der Waals surface area contributed by atoms with E-state index in [0.29, 0.717) is 0 Å². The number of allylic oxidation sites excluding steroid dienone is 2. The van der Waals surface area contributed by atoms with Gasteiger partial charge in [-0.25, -0.2) is 0 Å². The summed E-state index contributed by atoms with van der Waals surface area (Å²) in [6, 6.07) is 0. The Bertz CT molecular complexity index is 51.1. The third-order valence-electron chi connectivity index (χ3n) is 0.887. The zero-order chi connectivity index (χ0) is 4.99. The van der Waals surface area contributed by atoms with Gasteiger partial charge in [-0.15, -0.1) is 0 Å². The number of rotatable bonds is 1. The molecule has 0 amide bonds. The van der Waals surface area contributed by atoms with Crippen molar-refractivity contribution in [3.8, 4) is 0 Å². The van der Waals surface area contributed by atoms with Crippen molar-refractivity contribution in [3.63, 3.8) is 0 Å². The number of hydrogen-bond acceptors (Lipinski definition) is 0. The molecule has 0 atom stereocenters. The molecule has 0 heterocycles.